The van der Waals surface area contributed by atoms with Crippen molar-refractivity contribution in [2.75, 3.05) is 13.1 Å². The van der Waals surface area contributed by atoms with Crippen molar-refractivity contribution in [2.45, 2.75) is 65.3 Å². The quantitative estimate of drug-likeness (QED) is 0.652. The molecule has 116 valence electrons. The molecule has 1 aliphatic heterocycles. The van der Waals surface area contributed by atoms with E-state index < -0.39 is 6.03 Å². The van der Waals surface area contributed by atoms with Crippen LogP contribution in [0.2, 0.25) is 0 Å². The van der Waals surface area contributed by atoms with Gasteiger partial charge in [0.2, 0.25) is 0 Å². The zero-order valence-corrected chi connectivity index (χ0v) is 13.4. The zero-order valence-electron chi connectivity index (χ0n) is 13.4. The van der Waals surface area contributed by atoms with Crippen LogP contribution in [0.4, 0.5) is 4.79 Å². The monoisotopic (exact) mass is 286 g/mol. The number of amides is 3. The standard InChI is InChI=1S/C14H27N3O3/c1-9-7-17(8-10(2)20-9)11(3)12(18)15-13(19)16-14(4,5)6/h9-11H,7-8H2,1-6H3,(H2,15,16,18,19)/p+1/t9-,10+,11-/m0/s1. The highest BCUT2D eigenvalue weighted by Crippen LogP contribution is 2.00. The van der Waals surface area contributed by atoms with Gasteiger partial charge in [0.15, 0.2) is 6.04 Å². The molecule has 1 saturated heterocycles. The number of ether oxygens (including phenoxy) is 1. The second-order valence-electron chi connectivity index (χ2n) is 6.74. The van der Waals surface area contributed by atoms with E-state index in [2.05, 4.69) is 10.6 Å². The van der Waals surface area contributed by atoms with Crippen LogP contribution in [0.25, 0.3) is 0 Å². The van der Waals surface area contributed by atoms with E-state index in [1.807, 2.05) is 41.5 Å². The average molecular weight is 286 g/mol. The molecule has 0 aromatic rings. The first-order valence-electron chi connectivity index (χ1n) is 7.21. The first kappa shape index (κ1) is 16.9. The maximum Gasteiger partial charge on any atom is 0.322 e. The molecular formula is C14H28N3O3+. The molecule has 0 bridgehead atoms. The highest BCUT2D eigenvalue weighted by atomic mass is 16.5. The van der Waals surface area contributed by atoms with Gasteiger partial charge in [0.05, 0.1) is 0 Å². The van der Waals surface area contributed by atoms with Crippen LogP contribution >= 0.6 is 0 Å². The summed E-state index contributed by atoms with van der Waals surface area (Å²) in [4.78, 5) is 25.0. The lowest BCUT2D eigenvalue weighted by Gasteiger charge is -2.35. The molecule has 1 fully saturated rings. The van der Waals surface area contributed by atoms with Crippen LogP contribution in [0.15, 0.2) is 0 Å². The van der Waals surface area contributed by atoms with E-state index in [4.69, 9.17) is 4.74 Å². The summed E-state index contributed by atoms with van der Waals surface area (Å²) in [7, 11) is 0. The molecule has 4 atom stereocenters. The Labute approximate surface area is 121 Å². The maximum absolute atomic E-state index is 12.1. The van der Waals surface area contributed by atoms with E-state index in [1.165, 1.54) is 0 Å². The number of carbonyl (C=O) groups excluding carboxylic acids is 2. The molecule has 6 nitrogen and oxygen atoms in total. The Morgan fingerprint density at radius 2 is 1.70 bits per heavy atom. The number of morpholine rings is 1. The van der Waals surface area contributed by atoms with Crippen molar-refractivity contribution in [3.05, 3.63) is 0 Å². The van der Waals surface area contributed by atoms with Crippen molar-refractivity contribution in [3.63, 3.8) is 0 Å². The number of carbonyl (C=O) groups is 2. The van der Waals surface area contributed by atoms with E-state index in [1.54, 1.807) is 0 Å². The Hall–Kier alpha value is -1.14. The summed E-state index contributed by atoms with van der Waals surface area (Å²) < 4.78 is 5.66. The molecule has 0 aromatic carbocycles. The number of quaternary nitrogens is 1. The molecule has 0 aliphatic carbocycles. The van der Waals surface area contributed by atoms with Crippen LogP contribution in [-0.2, 0) is 9.53 Å². The van der Waals surface area contributed by atoms with Gasteiger partial charge in [-0.3, -0.25) is 10.1 Å². The minimum atomic E-state index is -0.442. The maximum atomic E-state index is 12.1. The first-order valence-corrected chi connectivity index (χ1v) is 7.21. The smallest absolute Gasteiger partial charge is 0.322 e. The van der Waals surface area contributed by atoms with Gasteiger partial charge in [-0.2, -0.15) is 0 Å². The second kappa shape index (κ2) is 6.54. The van der Waals surface area contributed by atoms with E-state index in [0.29, 0.717) is 0 Å². The molecule has 3 amide bonds. The first-order chi connectivity index (χ1) is 9.08. The van der Waals surface area contributed by atoms with Crippen molar-refractivity contribution < 1.29 is 19.2 Å². The van der Waals surface area contributed by atoms with E-state index in [9.17, 15) is 9.59 Å². The minimum Gasteiger partial charge on any atom is -0.364 e. The van der Waals surface area contributed by atoms with E-state index in [-0.39, 0.29) is 29.7 Å². The van der Waals surface area contributed by atoms with Gasteiger partial charge in [0, 0.05) is 5.54 Å². The fourth-order valence-electron chi connectivity index (χ4n) is 2.45. The third kappa shape index (κ3) is 5.46. The van der Waals surface area contributed by atoms with Crippen LogP contribution in [0.5, 0.6) is 0 Å². The number of hydrogen-bond donors (Lipinski definition) is 3. The molecular weight excluding hydrogens is 258 g/mol. The molecule has 0 aromatic heterocycles. The van der Waals surface area contributed by atoms with Crippen LogP contribution in [0.1, 0.15) is 41.5 Å². The van der Waals surface area contributed by atoms with Gasteiger partial charge >= 0.3 is 6.03 Å². The molecule has 20 heavy (non-hydrogen) atoms. The topological polar surface area (TPSA) is 71.9 Å². The lowest BCUT2D eigenvalue weighted by Crippen LogP contribution is -3.19. The van der Waals surface area contributed by atoms with Gasteiger partial charge < -0.3 is 15.0 Å². The number of rotatable bonds is 2. The largest absolute Gasteiger partial charge is 0.364 e. The third-order valence-electron chi connectivity index (χ3n) is 3.29. The van der Waals surface area contributed by atoms with Crippen LogP contribution < -0.4 is 15.5 Å². The summed E-state index contributed by atoms with van der Waals surface area (Å²) in [5, 5.41) is 5.13. The number of imide groups is 1. The van der Waals surface area contributed by atoms with Crippen LogP contribution in [0, 0.1) is 0 Å². The Morgan fingerprint density at radius 3 is 2.15 bits per heavy atom. The Morgan fingerprint density at radius 1 is 1.20 bits per heavy atom. The summed E-state index contributed by atoms with van der Waals surface area (Å²) in [6.45, 7) is 13.0. The minimum absolute atomic E-state index is 0.132. The zero-order chi connectivity index (χ0) is 15.5. The summed E-state index contributed by atoms with van der Waals surface area (Å²) in [6.07, 6.45) is 0.264. The van der Waals surface area contributed by atoms with Crippen LogP contribution in [0.3, 0.4) is 0 Å². The van der Waals surface area contributed by atoms with Gasteiger partial charge in [-0.1, -0.05) is 0 Å². The van der Waals surface area contributed by atoms with Crippen molar-refractivity contribution >= 4 is 11.9 Å². The van der Waals surface area contributed by atoms with E-state index >= 15 is 0 Å². The summed E-state index contributed by atoms with van der Waals surface area (Å²) >= 11 is 0. The van der Waals surface area contributed by atoms with Crippen LogP contribution in [-0.4, -0.2) is 48.8 Å². The Balaban J connectivity index is 2.52. The molecule has 0 spiro atoms. The van der Waals surface area contributed by atoms with Gasteiger partial charge in [-0.25, -0.2) is 4.79 Å². The van der Waals surface area contributed by atoms with Gasteiger partial charge in [-0.15, -0.1) is 0 Å². The normalized spacial score (nSPS) is 28.6. The van der Waals surface area contributed by atoms with Crippen molar-refractivity contribution in [3.8, 4) is 0 Å². The Bertz CT molecular complexity index is 355. The number of urea groups is 1. The molecule has 1 aliphatic rings. The average Bonchev–Trinajstić information content (AvgIpc) is 2.23. The molecule has 0 radical (unpaired) electrons. The lowest BCUT2D eigenvalue weighted by atomic mass is 10.1. The van der Waals surface area contributed by atoms with Crippen molar-refractivity contribution in [1.29, 1.82) is 0 Å². The highest BCUT2D eigenvalue weighted by Gasteiger charge is 2.33. The fraction of sp³-hybridized carbons (Fsp3) is 0.857. The summed E-state index contributed by atoms with van der Waals surface area (Å²) in [6, 6.07) is -0.711. The summed E-state index contributed by atoms with van der Waals surface area (Å²) in [5.74, 6) is -0.247. The van der Waals surface area contributed by atoms with Gasteiger partial charge in [-0.05, 0) is 41.5 Å². The molecule has 1 rings (SSSR count). The predicted molar refractivity (Wildman–Crippen MR) is 76.6 cm³/mol. The number of hydrogen-bond acceptors (Lipinski definition) is 3. The second-order valence-corrected chi connectivity index (χ2v) is 6.74. The Kier molecular flexibility index (Phi) is 5.53. The van der Waals surface area contributed by atoms with Gasteiger partial charge in [0.1, 0.15) is 25.3 Å². The highest BCUT2D eigenvalue weighted by molar-refractivity contribution is 5.96. The molecule has 6 heteroatoms. The SMILES string of the molecule is C[C@@H]1C[NH+]([C@@H](C)C(=O)NC(=O)NC(C)(C)C)C[C@H](C)O1. The molecule has 3 N–H and O–H groups in total. The summed E-state index contributed by atoms with van der Waals surface area (Å²) in [5.41, 5.74) is -0.359. The lowest BCUT2D eigenvalue weighted by molar-refractivity contribution is -0.928. The van der Waals surface area contributed by atoms with Gasteiger partial charge in [0.25, 0.3) is 5.91 Å². The fourth-order valence-corrected chi connectivity index (χ4v) is 2.45. The van der Waals surface area contributed by atoms with E-state index in [0.717, 1.165) is 18.0 Å². The predicted octanol–water partition coefficient (Wildman–Crippen LogP) is -0.309. The van der Waals surface area contributed by atoms with Crippen molar-refractivity contribution in [1.82, 2.24) is 10.6 Å². The third-order valence-corrected chi connectivity index (χ3v) is 3.29. The molecule has 1 heterocycles. The molecule has 0 saturated carbocycles. The molecule has 1 unspecified atom stereocenters. The van der Waals surface area contributed by atoms with Crippen molar-refractivity contribution in [2.24, 2.45) is 0 Å². The number of nitrogens with one attached hydrogen (secondary N) is 3.